The molecule has 2 heterocycles. The van der Waals surface area contributed by atoms with Gasteiger partial charge in [-0.15, -0.1) is 0 Å². The molecule has 1 aliphatic rings. The topological polar surface area (TPSA) is 78.7 Å². The molecule has 0 radical (unpaired) electrons. The largest absolute Gasteiger partial charge is 0.445 e. The maximum absolute atomic E-state index is 12.2. The molecule has 1 N–H and O–H groups in total. The summed E-state index contributed by atoms with van der Waals surface area (Å²) in [5.74, 6) is 2.17. The minimum atomic E-state index is -0.270. The fraction of sp³-hybridized carbons (Fsp3) is 0.688. The normalized spacial score (nSPS) is 13.9. The number of aromatic nitrogens is 1. The second-order valence-electron chi connectivity index (χ2n) is 6.53. The van der Waals surface area contributed by atoms with E-state index in [2.05, 4.69) is 24.1 Å². The van der Waals surface area contributed by atoms with Gasteiger partial charge in [0.25, 0.3) is 0 Å². The van der Waals surface area contributed by atoms with Crippen LogP contribution in [0.4, 0.5) is 4.79 Å². The third-order valence-corrected chi connectivity index (χ3v) is 3.86. The van der Waals surface area contributed by atoms with Gasteiger partial charge in [0.05, 0.1) is 13.1 Å². The minimum absolute atomic E-state index is 0.00437. The van der Waals surface area contributed by atoms with Crippen LogP contribution >= 0.6 is 0 Å². The number of nitrogens with zero attached hydrogens (tertiary/aromatic N) is 3. The first-order valence-electron chi connectivity index (χ1n) is 8.07. The predicted octanol–water partition coefficient (Wildman–Crippen LogP) is 1.42. The number of hydrogen-bond donors (Lipinski definition) is 1. The van der Waals surface area contributed by atoms with Crippen LogP contribution in [0.25, 0.3) is 0 Å². The Morgan fingerprint density at radius 1 is 1.39 bits per heavy atom. The maximum atomic E-state index is 12.2. The number of aryl methyl sites for hydroxylation is 1. The molecule has 7 nitrogen and oxygen atoms in total. The summed E-state index contributed by atoms with van der Waals surface area (Å²) in [6.45, 7) is 5.40. The van der Waals surface area contributed by atoms with Crippen molar-refractivity contribution in [3.63, 3.8) is 0 Å². The molecule has 128 valence electrons. The van der Waals surface area contributed by atoms with Crippen LogP contribution in [0.5, 0.6) is 0 Å². The number of hydrogen-bond acceptors (Lipinski definition) is 4. The summed E-state index contributed by atoms with van der Waals surface area (Å²) in [5.41, 5.74) is 0.849. The fourth-order valence-corrected chi connectivity index (χ4v) is 2.41. The molecule has 0 saturated heterocycles. The Balaban J connectivity index is 1.89. The predicted molar refractivity (Wildman–Crippen MR) is 85.9 cm³/mol. The van der Waals surface area contributed by atoms with E-state index >= 15 is 0 Å². The first-order valence-corrected chi connectivity index (χ1v) is 8.07. The molecule has 7 heteroatoms. The summed E-state index contributed by atoms with van der Waals surface area (Å²) in [7, 11) is 3.28. The highest BCUT2D eigenvalue weighted by atomic mass is 16.4. The van der Waals surface area contributed by atoms with Crippen LogP contribution in [0.15, 0.2) is 4.42 Å². The molecular formula is C16H26N4O3. The number of amides is 3. The molecule has 0 saturated carbocycles. The highest BCUT2D eigenvalue weighted by Gasteiger charge is 2.25. The van der Waals surface area contributed by atoms with Crippen LogP contribution in [-0.4, -0.2) is 53.9 Å². The van der Waals surface area contributed by atoms with Gasteiger partial charge in [-0.2, -0.15) is 0 Å². The molecule has 3 amide bonds. The number of fused-ring (bicyclic) bond motifs is 1. The Morgan fingerprint density at radius 2 is 2.13 bits per heavy atom. The van der Waals surface area contributed by atoms with Gasteiger partial charge in [-0.1, -0.05) is 13.8 Å². The van der Waals surface area contributed by atoms with E-state index in [-0.39, 0.29) is 18.5 Å². The number of carbonyl (C=O) groups excluding carboxylic acids is 2. The Hall–Kier alpha value is -2.05. The van der Waals surface area contributed by atoms with Crippen LogP contribution in [0.2, 0.25) is 0 Å². The van der Waals surface area contributed by atoms with Gasteiger partial charge >= 0.3 is 6.03 Å². The molecule has 1 aromatic rings. The molecule has 1 aliphatic heterocycles. The molecule has 0 fully saturated rings. The van der Waals surface area contributed by atoms with Gasteiger partial charge in [-0.05, 0) is 12.3 Å². The summed E-state index contributed by atoms with van der Waals surface area (Å²) in [6, 6.07) is -0.270. The third kappa shape index (κ3) is 4.71. The zero-order valence-electron chi connectivity index (χ0n) is 14.4. The van der Waals surface area contributed by atoms with Crippen molar-refractivity contribution in [1.29, 1.82) is 0 Å². The quantitative estimate of drug-likeness (QED) is 0.889. The van der Waals surface area contributed by atoms with Gasteiger partial charge in [0.2, 0.25) is 5.91 Å². The smallest absolute Gasteiger partial charge is 0.317 e. The van der Waals surface area contributed by atoms with Crippen molar-refractivity contribution in [3.05, 3.63) is 17.3 Å². The van der Waals surface area contributed by atoms with E-state index in [4.69, 9.17) is 4.42 Å². The monoisotopic (exact) mass is 322 g/mol. The molecule has 1 aromatic heterocycles. The first-order chi connectivity index (χ1) is 10.9. The van der Waals surface area contributed by atoms with Gasteiger partial charge in [-0.25, -0.2) is 9.78 Å². The second-order valence-corrected chi connectivity index (χ2v) is 6.53. The molecular weight excluding hydrogens is 296 g/mol. The van der Waals surface area contributed by atoms with Gasteiger partial charge in [-0.3, -0.25) is 4.79 Å². The van der Waals surface area contributed by atoms with Crippen molar-refractivity contribution in [2.24, 2.45) is 5.92 Å². The van der Waals surface area contributed by atoms with Crippen molar-refractivity contribution in [3.8, 4) is 0 Å². The summed E-state index contributed by atoms with van der Waals surface area (Å²) in [4.78, 5) is 31.3. The Kier molecular flexibility index (Phi) is 5.63. The van der Waals surface area contributed by atoms with E-state index < -0.39 is 0 Å². The Labute approximate surface area is 137 Å². The number of carbonyl (C=O) groups is 2. The number of rotatable bonds is 5. The minimum Gasteiger partial charge on any atom is -0.445 e. The highest BCUT2D eigenvalue weighted by molar-refractivity contribution is 5.83. The van der Waals surface area contributed by atoms with Crippen molar-refractivity contribution >= 4 is 11.9 Å². The number of urea groups is 1. The summed E-state index contributed by atoms with van der Waals surface area (Å²) in [5, 5.41) is 2.59. The average molecular weight is 322 g/mol. The molecule has 2 rings (SSSR count). The van der Waals surface area contributed by atoms with Gasteiger partial charge in [0.15, 0.2) is 5.89 Å². The molecule has 0 bridgehead atoms. The highest BCUT2D eigenvalue weighted by Crippen LogP contribution is 2.21. The lowest BCUT2D eigenvalue weighted by Gasteiger charge is -2.25. The van der Waals surface area contributed by atoms with Crippen LogP contribution in [0.3, 0.4) is 0 Å². The molecule has 0 aliphatic carbocycles. The van der Waals surface area contributed by atoms with E-state index in [9.17, 15) is 9.59 Å². The van der Waals surface area contributed by atoms with E-state index in [0.717, 1.165) is 30.2 Å². The van der Waals surface area contributed by atoms with Crippen LogP contribution in [0.1, 0.15) is 37.6 Å². The zero-order valence-corrected chi connectivity index (χ0v) is 14.4. The summed E-state index contributed by atoms with van der Waals surface area (Å²) >= 11 is 0. The van der Waals surface area contributed by atoms with Crippen LogP contribution in [-0.2, 0) is 24.2 Å². The summed E-state index contributed by atoms with van der Waals surface area (Å²) in [6.07, 6.45) is 2.55. The second kappa shape index (κ2) is 7.48. The lowest BCUT2D eigenvalue weighted by Crippen LogP contribution is -2.44. The first kappa shape index (κ1) is 17.3. The summed E-state index contributed by atoms with van der Waals surface area (Å²) < 4.78 is 5.79. The van der Waals surface area contributed by atoms with E-state index in [1.807, 2.05) is 0 Å². The Morgan fingerprint density at radius 3 is 2.78 bits per heavy atom. The van der Waals surface area contributed by atoms with Crippen LogP contribution < -0.4 is 5.32 Å². The van der Waals surface area contributed by atoms with E-state index in [0.29, 0.717) is 25.4 Å². The fourth-order valence-electron chi connectivity index (χ4n) is 2.41. The third-order valence-electron chi connectivity index (χ3n) is 3.86. The van der Waals surface area contributed by atoms with Gasteiger partial charge < -0.3 is 19.5 Å². The van der Waals surface area contributed by atoms with Crippen molar-refractivity contribution in [1.82, 2.24) is 20.1 Å². The molecule has 0 spiro atoms. The van der Waals surface area contributed by atoms with Crippen molar-refractivity contribution in [2.75, 3.05) is 27.2 Å². The lowest BCUT2D eigenvalue weighted by atomic mass is 10.1. The maximum Gasteiger partial charge on any atom is 0.317 e. The van der Waals surface area contributed by atoms with Crippen molar-refractivity contribution < 1.29 is 14.0 Å². The van der Waals surface area contributed by atoms with E-state index in [1.165, 1.54) is 4.90 Å². The molecule has 0 aromatic carbocycles. The van der Waals surface area contributed by atoms with Crippen molar-refractivity contribution in [2.45, 2.75) is 39.7 Å². The zero-order chi connectivity index (χ0) is 17.0. The van der Waals surface area contributed by atoms with Gasteiger partial charge in [0.1, 0.15) is 11.5 Å². The van der Waals surface area contributed by atoms with Crippen LogP contribution in [0, 0.1) is 5.92 Å². The molecule has 0 atom stereocenters. The van der Waals surface area contributed by atoms with Gasteiger partial charge in [0, 0.05) is 33.5 Å². The van der Waals surface area contributed by atoms with E-state index in [1.54, 1.807) is 19.0 Å². The SMILES string of the molecule is CC(C)CCc1nc2c(o1)CCN(C(=O)CNC(=O)N(C)C)C2. The number of oxazole rings is 1. The molecule has 0 unspecified atom stereocenters. The number of nitrogens with one attached hydrogen (secondary N) is 1. The Bertz CT molecular complexity index is 566. The molecule has 23 heavy (non-hydrogen) atoms. The standard InChI is InChI=1S/C16H26N4O3/c1-11(2)5-6-14-18-12-10-20(8-7-13(12)23-14)15(21)9-17-16(22)19(3)4/h11H,5-10H2,1-4H3,(H,17,22). The average Bonchev–Trinajstić information content (AvgIpc) is 2.91. The lowest BCUT2D eigenvalue weighted by molar-refractivity contribution is -0.131.